The average molecular weight is 283 g/mol. The Balaban J connectivity index is 0.00000133. The van der Waals surface area contributed by atoms with Crippen LogP contribution in [0.4, 0.5) is 0 Å². The fraction of sp³-hybridized carbons (Fsp3) is 0.500. The third-order valence-electron chi connectivity index (χ3n) is 3.82. The molecule has 0 atom stereocenters. The Morgan fingerprint density at radius 3 is 2.68 bits per heavy atom. The largest absolute Gasteiger partial charge is 1.00 e. The number of fused-ring (bicyclic) bond motifs is 1. The number of oxazole rings is 1. The number of hydrogen-bond donors (Lipinski definition) is 1. The summed E-state index contributed by atoms with van der Waals surface area (Å²) >= 11 is 0. The van der Waals surface area contributed by atoms with Gasteiger partial charge in [-0.05, 0) is 31.4 Å². The molecule has 2 heterocycles. The second-order valence-electron chi connectivity index (χ2n) is 5.05. The van der Waals surface area contributed by atoms with Crippen LogP contribution in [0.3, 0.4) is 0 Å². The summed E-state index contributed by atoms with van der Waals surface area (Å²) in [5.74, 6) is -0.229. The molecule has 1 aromatic heterocycles. The van der Waals surface area contributed by atoms with Gasteiger partial charge in [0.15, 0.2) is 5.58 Å². The molecule has 4 nitrogen and oxygen atoms in total. The number of rotatable bonds is 3. The second kappa shape index (κ2) is 6.26. The zero-order valence-corrected chi connectivity index (χ0v) is 11.7. The van der Waals surface area contributed by atoms with Crippen molar-refractivity contribution in [1.82, 2.24) is 4.57 Å². The molecule has 1 aromatic carbocycles. The first-order chi connectivity index (χ1) is 8.84. The van der Waals surface area contributed by atoms with Gasteiger partial charge in [-0.25, -0.2) is 4.79 Å². The van der Waals surface area contributed by atoms with Gasteiger partial charge in [-0.3, -0.25) is 4.57 Å². The molecule has 0 unspecified atom stereocenters. The molecule has 0 spiro atoms. The lowest BCUT2D eigenvalue weighted by Crippen LogP contribution is -3.13. The van der Waals surface area contributed by atoms with E-state index in [1.807, 2.05) is 24.3 Å². The lowest BCUT2D eigenvalue weighted by molar-refractivity contribution is -0.905. The van der Waals surface area contributed by atoms with Crippen LogP contribution < -0.4 is 23.1 Å². The third-order valence-corrected chi connectivity index (χ3v) is 3.82. The van der Waals surface area contributed by atoms with E-state index in [0.717, 1.165) is 18.6 Å². The zero-order valence-electron chi connectivity index (χ0n) is 10.9. The van der Waals surface area contributed by atoms with E-state index in [-0.39, 0.29) is 18.2 Å². The summed E-state index contributed by atoms with van der Waals surface area (Å²) in [7, 11) is 0. The number of benzene rings is 1. The molecule has 3 rings (SSSR count). The quantitative estimate of drug-likeness (QED) is 0.686. The Morgan fingerprint density at radius 1 is 1.16 bits per heavy atom. The molecule has 0 amide bonds. The number of hydrogen-bond acceptors (Lipinski definition) is 2. The first-order valence-corrected chi connectivity index (χ1v) is 6.76. The number of quaternary nitrogens is 1. The molecule has 1 aliphatic heterocycles. The summed E-state index contributed by atoms with van der Waals surface area (Å²) in [5, 5.41) is 0. The maximum Gasteiger partial charge on any atom is 0.420 e. The lowest BCUT2D eigenvalue weighted by atomic mass is 10.1. The number of halogens is 1. The molecule has 1 aliphatic rings. The van der Waals surface area contributed by atoms with Crippen molar-refractivity contribution in [3.8, 4) is 0 Å². The summed E-state index contributed by atoms with van der Waals surface area (Å²) in [5.41, 5.74) is 1.61. The van der Waals surface area contributed by atoms with Crippen LogP contribution in [0.2, 0.25) is 0 Å². The van der Waals surface area contributed by atoms with Crippen LogP contribution >= 0.6 is 0 Å². The minimum atomic E-state index is -0.229. The SMILES string of the molecule is O=c1oc2ccccc2n1CC[NH+]1CCCCC1.[Cl-]. The summed E-state index contributed by atoms with van der Waals surface area (Å²) in [6.45, 7) is 4.25. The number of para-hydroxylation sites is 2. The van der Waals surface area contributed by atoms with Crippen LogP contribution in [-0.2, 0) is 6.54 Å². The summed E-state index contributed by atoms with van der Waals surface area (Å²) in [4.78, 5) is 13.4. The Morgan fingerprint density at radius 2 is 1.89 bits per heavy atom. The van der Waals surface area contributed by atoms with Crippen LogP contribution in [0, 0.1) is 0 Å². The van der Waals surface area contributed by atoms with Gasteiger partial charge in [0.05, 0.1) is 31.7 Å². The van der Waals surface area contributed by atoms with Crippen molar-refractivity contribution >= 4 is 11.1 Å². The number of aromatic nitrogens is 1. The number of likely N-dealkylation sites (tertiary alicyclic amines) is 1. The van der Waals surface area contributed by atoms with Crippen molar-refractivity contribution in [3.05, 3.63) is 34.8 Å². The van der Waals surface area contributed by atoms with Gasteiger partial charge in [0.2, 0.25) is 0 Å². The highest BCUT2D eigenvalue weighted by Gasteiger charge is 2.15. The van der Waals surface area contributed by atoms with Crippen LogP contribution in [0.15, 0.2) is 33.5 Å². The maximum absolute atomic E-state index is 11.8. The molecule has 104 valence electrons. The first-order valence-electron chi connectivity index (χ1n) is 6.76. The van der Waals surface area contributed by atoms with E-state index >= 15 is 0 Å². The van der Waals surface area contributed by atoms with Gasteiger partial charge in [0.25, 0.3) is 0 Å². The number of nitrogens with one attached hydrogen (secondary N) is 1. The zero-order chi connectivity index (χ0) is 12.4. The molecule has 1 fully saturated rings. The topological polar surface area (TPSA) is 39.6 Å². The predicted octanol–water partition coefficient (Wildman–Crippen LogP) is -2.33. The molecule has 1 saturated heterocycles. The minimum absolute atomic E-state index is 0. The molecular formula is C14H19ClN2O2. The van der Waals surface area contributed by atoms with Crippen molar-refractivity contribution in [2.45, 2.75) is 25.8 Å². The van der Waals surface area contributed by atoms with Crippen LogP contribution in [0.1, 0.15) is 19.3 Å². The van der Waals surface area contributed by atoms with E-state index in [1.54, 1.807) is 9.47 Å². The maximum atomic E-state index is 11.8. The van der Waals surface area contributed by atoms with Gasteiger partial charge in [-0.15, -0.1) is 0 Å². The van der Waals surface area contributed by atoms with Gasteiger partial charge in [0, 0.05) is 0 Å². The number of nitrogens with zero attached hydrogens (tertiary/aromatic N) is 1. The summed E-state index contributed by atoms with van der Waals surface area (Å²) in [6.07, 6.45) is 3.99. The van der Waals surface area contributed by atoms with Crippen LogP contribution in [-0.4, -0.2) is 24.2 Å². The van der Waals surface area contributed by atoms with E-state index < -0.39 is 0 Å². The van der Waals surface area contributed by atoms with Crippen LogP contribution in [0.5, 0.6) is 0 Å². The minimum Gasteiger partial charge on any atom is -1.00 e. The van der Waals surface area contributed by atoms with Crippen molar-refractivity contribution in [2.24, 2.45) is 0 Å². The molecule has 0 radical (unpaired) electrons. The van der Waals surface area contributed by atoms with Crippen molar-refractivity contribution in [3.63, 3.8) is 0 Å². The lowest BCUT2D eigenvalue weighted by Gasteiger charge is -2.23. The second-order valence-corrected chi connectivity index (χ2v) is 5.05. The molecule has 1 N–H and O–H groups in total. The summed E-state index contributed by atoms with van der Waals surface area (Å²) in [6, 6.07) is 7.64. The average Bonchev–Trinajstić information content (AvgIpc) is 2.73. The van der Waals surface area contributed by atoms with Crippen LogP contribution in [0.25, 0.3) is 11.1 Å². The van der Waals surface area contributed by atoms with Gasteiger partial charge in [-0.1, -0.05) is 12.1 Å². The predicted molar refractivity (Wildman–Crippen MR) is 69.9 cm³/mol. The smallest absolute Gasteiger partial charge is 0.420 e. The normalized spacial score (nSPS) is 16.4. The highest BCUT2D eigenvalue weighted by Crippen LogP contribution is 2.10. The van der Waals surface area contributed by atoms with Gasteiger partial charge >= 0.3 is 5.76 Å². The monoisotopic (exact) mass is 282 g/mol. The van der Waals surface area contributed by atoms with Crippen molar-refractivity contribution < 1.29 is 21.7 Å². The fourth-order valence-electron chi connectivity index (χ4n) is 2.80. The van der Waals surface area contributed by atoms with Gasteiger partial charge < -0.3 is 21.7 Å². The standard InChI is InChI=1S/C14H18N2O2.ClH/c17-14-16(11-10-15-8-4-1-5-9-15)12-6-2-3-7-13(12)18-14;/h2-3,6-7H,1,4-5,8-11H2;1H. The van der Waals surface area contributed by atoms with E-state index in [9.17, 15) is 4.79 Å². The highest BCUT2D eigenvalue weighted by molar-refractivity contribution is 5.72. The first kappa shape index (κ1) is 14.2. The van der Waals surface area contributed by atoms with Gasteiger partial charge in [0.1, 0.15) is 0 Å². The highest BCUT2D eigenvalue weighted by atomic mass is 35.5. The Kier molecular flexibility index (Phi) is 4.66. The van der Waals surface area contributed by atoms with E-state index in [1.165, 1.54) is 32.4 Å². The Labute approximate surface area is 118 Å². The van der Waals surface area contributed by atoms with E-state index in [4.69, 9.17) is 4.42 Å². The van der Waals surface area contributed by atoms with Crippen molar-refractivity contribution in [2.75, 3.05) is 19.6 Å². The third kappa shape index (κ3) is 3.01. The fourth-order valence-corrected chi connectivity index (χ4v) is 2.80. The molecule has 5 heteroatoms. The molecule has 19 heavy (non-hydrogen) atoms. The molecule has 0 bridgehead atoms. The van der Waals surface area contributed by atoms with E-state index in [0.29, 0.717) is 5.58 Å². The Hall–Kier alpha value is -1.26. The molecule has 0 aliphatic carbocycles. The Bertz CT molecular complexity index is 584. The molecular weight excluding hydrogens is 264 g/mol. The number of piperidine rings is 1. The van der Waals surface area contributed by atoms with Gasteiger partial charge in [-0.2, -0.15) is 0 Å². The molecule has 0 saturated carbocycles. The molecule has 2 aromatic rings. The van der Waals surface area contributed by atoms with E-state index in [2.05, 4.69) is 0 Å². The van der Waals surface area contributed by atoms with Crippen molar-refractivity contribution in [1.29, 1.82) is 0 Å². The summed E-state index contributed by atoms with van der Waals surface area (Å²) < 4.78 is 7.00.